The molecule has 5 heteroatoms. The Kier molecular flexibility index (Phi) is 5.85. The third-order valence-corrected chi connectivity index (χ3v) is 5.28. The summed E-state index contributed by atoms with van der Waals surface area (Å²) in [6, 6.07) is 24.7. The molecule has 0 aromatic heterocycles. The van der Waals surface area contributed by atoms with Gasteiger partial charge in [-0.15, -0.1) is 6.58 Å². The summed E-state index contributed by atoms with van der Waals surface area (Å²) >= 11 is 0. The standard InChI is InChI=1S/C26H24N2O3/c1-3-16-28-22-15-14-21(17-23(22)31-18(2)26(28)30)27-25(29)24(19-10-6-4-7-11-19)20-12-8-5-9-13-20/h3-15,17-18,24H,1,16H2,2H3,(H,27,29). The van der Waals surface area contributed by atoms with Gasteiger partial charge >= 0.3 is 0 Å². The monoisotopic (exact) mass is 412 g/mol. The van der Waals surface area contributed by atoms with Crippen LogP contribution in [0.15, 0.2) is 91.5 Å². The van der Waals surface area contributed by atoms with Gasteiger partial charge in [0.15, 0.2) is 6.10 Å². The maximum absolute atomic E-state index is 13.3. The minimum Gasteiger partial charge on any atom is -0.479 e. The lowest BCUT2D eigenvalue weighted by Gasteiger charge is -2.32. The molecule has 0 bridgehead atoms. The van der Waals surface area contributed by atoms with Gasteiger partial charge in [0.1, 0.15) is 5.75 Å². The van der Waals surface area contributed by atoms with Crippen LogP contribution in [-0.2, 0) is 9.59 Å². The predicted molar refractivity (Wildman–Crippen MR) is 122 cm³/mol. The molecular formula is C26H24N2O3. The fourth-order valence-electron chi connectivity index (χ4n) is 3.81. The first-order chi connectivity index (χ1) is 15.1. The summed E-state index contributed by atoms with van der Waals surface area (Å²) in [6.07, 6.45) is 1.08. The number of amides is 2. The fourth-order valence-corrected chi connectivity index (χ4v) is 3.81. The first-order valence-corrected chi connectivity index (χ1v) is 10.2. The quantitative estimate of drug-likeness (QED) is 0.594. The van der Waals surface area contributed by atoms with Gasteiger partial charge < -0.3 is 15.0 Å². The summed E-state index contributed by atoms with van der Waals surface area (Å²) in [5, 5.41) is 3.02. The number of benzene rings is 3. The normalized spacial score (nSPS) is 15.2. The topological polar surface area (TPSA) is 58.6 Å². The molecule has 0 aliphatic carbocycles. The summed E-state index contributed by atoms with van der Waals surface area (Å²) < 4.78 is 5.80. The highest BCUT2D eigenvalue weighted by molar-refractivity contribution is 6.02. The van der Waals surface area contributed by atoms with Crippen LogP contribution in [0, 0.1) is 0 Å². The molecule has 5 nitrogen and oxygen atoms in total. The minimum absolute atomic E-state index is 0.114. The average molecular weight is 412 g/mol. The van der Waals surface area contributed by atoms with E-state index in [4.69, 9.17) is 4.74 Å². The van der Waals surface area contributed by atoms with Gasteiger partial charge in [-0.1, -0.05) is 66.7 Å². The third-order valence-electron chi connectivity index (χ3n) is 5.28. The zero-order chi connectivity index (χ0) is 21.8. The Labute approximate surface area is 182 Å². The summed E-state index contributed by atoms with van der Waals surface area (Å²) in [5.74, 6) is -0.141. The Morgan fingerprint density at radius 3 is 2.26 bits per heavy atom. The minimum atomic E-state index is -0.597. The number of hydrogen-bond acceptors (Lipinski definition) is 3. The van der Waals surface area contributed by atoms with Crippen LogP contribution in [0.2, 0.25) is 0 Å². The van der Waals surface area contributed by atoms with Crippen molar-refractivity contribution in [3.8, 4) is 5.75 Å². The second-order valence-electron chi connectivity index (χ2n) is 7.42. The molecule has 0 radical (unpaired) electrons. The van der Waals surface area contributed by atoms with E-state index in [9.17, 15) is 9.59 Å². The first-order valence-electron chi connectivity index (χ1n) is 10.2. The number of hydrogen-bond donors (Lipinski definition) is 1. The van der Waals surface area contributed by atoms with E-state index >= 15 is 0 Å². The predicted octanol–water partition coefficient (Wildman–Crippen LogP) is 4.76. The maximum Gasteiger partial charge on any atom is 0.268 e. The number of rotatable bonds is 6. The number of anilines is 2. The van der Waals surface area contributed by atoms with Crippen molar-refractivity contribution in [1.29, 1.82) is 0 Å². The molecule has 0 saturated carbocycles. The molecule has 156 valence electrons. The highest BCUT2D eigenvalue weighted by Crippen LogP contribution is 2.37. The molecule has 31 heavy (non-hydrogen) atoms. The van der Waals surface area contributed by atoms with Crippen molar-refractivity contribution < 1.29 is 14.3 Å². The fraction of sp³-hybridized carbons (Fsp3) is 0.154. The van der Waals surface area contributed by atoms with Crippen molar-refractivity contribution in [2.45, 2.75) is 18.9 Å². The Morgan fingerprint density at radius 2 is 1.68 bits per heavy atom. The second-order valence-corrected chi connectivity index (χ2v) is 7.42. The lowest BCUT2D eigenvalue weighted by atomic mass is 9.90. The molecular weight excluding hydrogens is 388 g/mol. The maximum atomic E-state index is 13.3. The lowest BCUT2D eigenvalue weighted by Crippen LogP contribution is -2.44. The highest BCUT2D eigenvalue weighted by atomic mass is 16.5. The average Bonchev–Trinajstić information content (AvgIpc) is 2.78. The van der Waals surface area contributed by atoms with Crippen molar-refractivity contribution in [2.75, 3.05) is 16.8 Å². The molecule has 2 amide bonds. The van der Waals surface area contributed by atoms with E-state index in [0.29, 0.717) is 23.7 Å². The molecule has 3 aromatic rings. The van der Waals surface area contributed by atoms with Gasteiger partial charge in [0.05, 0.1) is 11.6 Å². The number of ether oxygens (including phenoxy) is 1. The van der Waals surface area contributed by atoms with Gasteiger partial charge in [-0.3, -0.25) is 9.59 Å². The molecule has 4 rings (SSSR count). The molecule has 1 aliphatic rings. The molecule has 0 spiro atoms. The smallest absolute Gasteiger partial charge is 0.268 e. The van der Waals surface area contributed by atoms with Crippen LogP contribution in [-0.4, -0.2) is 24.5 Å². The van der Waals surface area contributed by atoms with Gasteiger partial charge in [0.25, 0.3) is 5.91 Å². The molecule has 1 N–H and O–H groups in total. The van der Waals surface area contributed by atoms with Crippen LogP contribution >= 0.6 is 0 Å². The van der Waals surface area contributed by atoms with E-state index in [1.807, 2.05) is 60.7 Å². The van der Waals surface area contributed by atoms with Crippen LogP contribution in [0.1, 0.15) is 24.0 Å². The summed E-state index contributed by atoms with van der Waals surface area (Å²) in [5.41, 5.74) is 3.11. The highest BCUT2D eigenvalue weighted by Gasteiger charge is 2.31. The van der Waals surface area contributed by atoms with Crippen molar-refractivity contribution in [3.63, 3.8) is 0 Å². The van der Waals surface area contributed by atoms with E-state index in [-0.39, 0.29) is 11.8 Å². The summed E-state index contributed by atoms with van der Waals surface area (Å²) in [4.78, 5) is 27.4. The number of carbonyl (C=O) groups excluding carboxylic acids is 2. The molecule has 1 atom stereocenters. The first kappa shape index (κ1) is 20.4. The van der Waals surface area contributed by atoms with Crippen molar-refractivity contribution >= 4 is 23.2 Å². The van der Waals surface area contributed by atoms with Crippen LogP contribution in [0.4, 0.5) is 11.4 Å². The Hall–Kier alpha value is -3.86. The summed E-state index contributed by atoms with van der Waals surface area (Å²) in [6.45, 7) is 5.84. The van der Waals surface area contributed by atoms with Crippen molar-refractivity contribution in [1.82, 2.24) is 0 Å². The van der Waals surface area contributed by atoms with Gasteiger partial charge in [0, 0.05) is 18.3 Å². The van der Waals surface area contributed by atoms with E-state index in [1.165, 1.54) is 0 Å². The molecule has 0 fully saturated rings. The van der Waals surface area contributed by atoms with Crippen LogP contribution in [0.5, 0.6) is 5.75 Å². The molecule has 1 unspecified atom stereocenters. The Bertz CT molecular complexity index is 1060. The number of carbonyl (C=O) groups is 2. The zero-order valence-electron chi connectivity index (χ0n) is 17.3. The molecule has 1 aliphatic heterocycles. The number of fused-ring (bicyclic) bond motifs is 1. The van der Waals surface area contributed by atoms with E-state index < -0.39 is 12.0 Å². The molecule has 3 aromatic carbocycles. The largest absolute Gasteiger partial charge is 0.479 e. The Morgan fingerprint density at radius 1 is 1.06 bits per heavy atom. The van der Waals surface area contributed by atoms with Crippen LogP contribution in [0.25, 0.3) is 0 Å². The van der Waals surface area contributed by atoms with Gasteiger partial charge in [-0.05, 0) is 30.2 Å². The van der Waals surface area contributed by atoms with E-state index in [0.717, 1.165) is 11.1 Å². The number of nitrogens with one attached hydrogen (secondary N) is 1. The molecule has 1 heterocycles. The van der Waals surface area contributed by atoms with E-state index in [1.54, 1.807) is 36.1 Å². The lowest BCUT2D eigenvalue weighted by molar-refractivity contribution is -0.125. The van der Waals surface area contributed by atoms with E-state index in [2.05, 4.69) is 11.9 Å². The van der Waals surface area contributed by atoms with Crippen LogP contribution in [0.3, 0.4) is 0 Å². The SMILES string of the molecule is C=CCN1C(=O)C(C)Oc2cc(NC(=O)C(c3ccccc3)c3ccccc3)ccc21. The zero-order valence-corrected chi connectivity index (χ0v) is 17.3. The van der Waals surface area contributed by atoms with Crippen molar-refractivity contribution in [3.05, 3.63) is 103 Å². The van der Waals surface area contributed by atoms with Crippen LogP contribution < -0.4 is 15.0 Å². The van der Waals surface area contributed by atoms with Gasteiger partial charge in [0.2, 0.25) is 5.91 Å². The second kappa shape index (κ2) is 8.88. The van der Waals surface area contributed by atoms with Gasteiger partial charge in [-0.25, -0.2) is 0 Å². The Balaban J connectivity index is 1.64. The van der Waals surface area contributed by atoms with Gasteiger partial charge in [-0.2, -0.15) is 0 Å². The number of nitrogens with zero attached hydrogens (tertiary/aromatic N) is 1. The molecule has 0 saturated heterocycles. The third kappa shape index (κ3) is 4.21. The summed E-state index contributed by atoms with van der Waals surface area (Å²) in [7, 11) is 0. The van der Waals surface area contributed by atoms with Crippen molar-refractivity contribution in [2.24, 2.45) is 0 Å².